The summed E-state index contributed by atoms with van der Waals surface area (Å²) in [5.41, 5.74) is 0. The molecule has 0 unspecified atom stereocenters. The fourth-order valence-corrected chi connectivity index (χ4v) is 1.29. The fourth-order valence-electron chi connectivity index (χ4n) is 1.29. The lowest BCUT2D eigenvalue weighted by Crippen LogP contribution is -2.04. The summed E-state index contributed by atoms with van der Waals surface area (Å²) < 4.78 is 0. The zero-order chi connectivity index (χ0) is 8.10. The Balaban J connectivity index is 2.36. The van der Waals surface area contributed by atoms with Gasteiger partial charge in [-0.25, -0.2) is 0 Å². The Kier molecular flexibility index (Phi) is 3.09. The highest BCUT2D eigenvalue weighted by atomic mass is 16.1. The molecule has 0 aliphatic heterocycles. The van der Waals surface area contributed by atoms with Crippen LogP contribution in [0.5, 0.6) is 0 Å². The fraction of sp³-hybridized carbons (Fsp3) is 0.500. The summed E-state index contributed by atoms with van der Waals surface area (Å²) >= 11 is 0. The molecular formula is C10H14O. The number of carbonyl (C=O) groups excluding carboxylic acids is 1. The summed E-state index contributed by atoms with van der Waals surface area (Å²) in [6.45, 7) is 1.96. The highest BCUT2D eigenvalue weighted by Crippen LogP contribution is 2.17. The zero-order valence-electron chi connectivity index (χ0n) is 6.86. The van der Waals surface area contributed by atoms with Crippen molar-refractivity contribution >= 4 is 6.29 Å². The first kappa shape index (κ1) is 8.25. The Morgan fingerprint density at radius 2 is 2.18 bits per heavy atom. The van der Waals surface area contributed by atoms with Crippen LogP contribution in [0.4, 0.5) is 0 Å². The molecule has 0 heterocycles. The van der Waals surface area contributed by atoms with Crippen LogP contribution in [0.25, 0.3) is 0 Å². The molecule has 1 aliphatic carbocycles. The van der Waals surface area contributed by atoms with Crippen molar-refractivity contribution in [3.8, 4) is 0 Å². The van der Waals surface area contributed by atoms with Crippen LogP contribution in [0, 0.1) is 11.8 Å². The summed E-state index contributed by atoms with van der Waals surface area (Å²) in [5, 5.41) is 0. The molecule has 0 N–H and O–H groups in total. The zero-order valence-corrected chi connectivity index (χ0v) is 6.86. The third-order valence-electron chi connectivity index (χ3n) is 1.91. The third-order valence-corrected chi connectivity index (χ3v) is 1.91. The van der Waals surface area contributed by atoms with Crippen LogP contribution in [0.3, 0.4) is 0 Å². The van der Waals surface area contributed by atoms with E-state index in [0.29, 0.717) is 5.92 Å². The number of hydrogen-bond donors (Lipinski definition) is 0. The Morgan fingerprint density at radius 1 is 1.55 bits per heavy atom. The Hall–Kier alpha value is -0.850. The van der Waals surface area contributed by atoms with E-state index in [9.17, 15) is 4.79 Å². The van der Waals surface area contributed by atoms with E-state index in [2.05, 4.69) is 24.3 Å². The molecule has 0 spiro atoms. The summed E-state index contributed by atoms with van der Waals surface area (Å²) in [6.07, 6.45) is 11.7. The van der Waals surface area contributed by atoms with Crippen LogP contribution < -0.4 is 0 Å². The predicted octanol–water partition coefficient (Wildman–Crippen LogP) is 2.34. The molecule has 1 nitrogen and oxygen atoms in total. The molecule has 0 aromatic rings. The maximum Gasteiger partial charge on any atom is 0.122 e. The second kappa shape index (κ2) is 4.12. The molecule has 1 rings (SSSR count). The second-order valence-corrected chi connectivity index (χ2v) is 3.10. The van der Waals surface area contributed by atoms with Crippen LogP contribution in [0.2, 0.25) is 0 Å². The van der Waals surface area contributed by atoms with Gasteiger partial charge in [-0.1, -0.05) is 31.2 Å². The van der Waals surface area contributed by atoms with E-state index < -0.39 is 0 Å². The molecule has 0 bridgehead atoms. The van der Waals surface area contributed by atoms with Gasteiger partial charge in [-0.2, -0.15) is 0 Å². The number of rotatable bonds is 3. The molecule has 0 fully saturated rings. The number of hydrogen-bond acceptors (Lipinski definition) is 1. The normalized spacial score (nSPS) is 20.1. The molecule has 0 saturated heterocycles. The first-order chi connectivity index (χ1) is 5.33. The summed E-state index contributed by atoms with van der Waals surface area (Å²) in [7, 11) is 0. The van der Waals surface area contributed by atoms with Crippen molar-refractivity contribution in [1.82, 2.24) is 0 Å². The van der Waals surface area contributed by atoms with Crippen molar-refractivity contribution < 1.29 is 4.79 Å². The largest absolute Gasteiger partial charge is 0.303 e. The van der Waals surface area contributed by atoms with E-state index in [-0.39, 0.29) is 5.92 Å². The van der Waals surface area contributed by atoms with Crippen molar-refractivity contribution in [2.45, 2.75) is 19.8 Å². The Labute approximate surface area is 67.8 Å². The van der Waals surface area contributed by atoms with Gasteiger partial charge in [0.15, 0.2) is 0 Å². The summed E-state index contributed by atoms with van der Waals surface area (Å²) in [5.74, 6) is 0.677. The van der Waals surface area contributed by atoms with E-state index in [1.54, 1.807) is 0 Å². The molecule has 1 atom stereocenters. The van der Waals surface area contributed by atoms with E-state index in [4.69, 9.17) is 0 Å². The van der Waals surface area contributed by atoms with Gasteiger partial charge in [0.1, 0.15) is 6.29 Å². The molecule has 11 heavy (non-hydrogen) atoms. The number of aldehydes is 1. The molecule has 60 valence electrons. The minimum absolute atomic E-state index is 0.187. The average Bonchev–Trinajstić information content (AvgIpc) is 2.06. The second-order valence-electron chi connectivity index (χ2n) is 3.10. The van der Waals surface area contributed by atoms with Crippen LogP contribution in [-0.4, -0.2) is 6.29 Å². The predicted molar refractivity (Wildman–Crippen MR) is 46.2 cm³/mol. The molecule has 1 aliphatic rings. The van der Waals surface area contributed by atoms with Gasteiger partial charge >= 0.3 is 0 Å². The average molecular weight is 150 g/mol. The van der Waals surface area contributed by atoms with Crippen molar-refractivity contribution in [2.24, 2.45) is 11.8 Å². The van der Waals surface area contributed by atoms with Gasteiger partial charge < -0.3 is 4.79 Å². The maximum absolute atomic E-state index is 10.3. The first-order valence-corrected chi connectivity index (χ1v) is 4.11. The van der Waals surface area contributed by atoms with Crippen molar-refractivity contribution in [2.75, 3.05) is 0 Å². The van der Waals surface area contributed by atoms with Gasteiger partial charge in [0.25, 0.3) is 0 Å². The van der Waals surface area contributed by atoms with Gasteiger partial charge in [0.05, 0.1) is 0 Å². The van der Waals surface area contributed by atoms with E-state index in [1.165, 1.54) is 0 Å². The summed E-state index contributed by atoms with van der Waals surface area (Å²) in [6, 6.07) is 0. The maximum atomic E-state index is 10.3. The van der Waals surface area contributed by atoms with Gasteiger partial charge in [0, 0.05) is 5.92 Å². The van der Waals surface area contributed by atoms with E-state index >= 15 is 0 Å². The molecule has 0 aromatic heterocycles. The van der Waals surface area contributed by atoms with Gasteiger partial charge in [-0.15, -0.1) is 0 Å². The SMILES string of the molecule is C[C@H](C=O)CC1C=CCC=C1. The number of allylic oxidation sites excluding steroid dienone is 4. The highest BCUT2D eigenvalue weighted by molar-refractivity contribution is 5.52. The van der Waals surface area contributed by atoms with E-state index in [1.807, 2.05) is 6.92 Å². The lowest BCUT2D eigenvalue weighted by molar-refractivity contribution is -0.110. The van der Waals surface area contributed by atoms with Crippen LogP contribution in [-0.2, 0) is 4.79 Å². The Morgan fingerprint density at radius 3 is 2.73 bits per heavy atom. The quantitative estimate of drug-likeness (QED) is 0.446. The number of carbonyl (C=O) groups is 1. The first-order valence-electron chi connectivity index (χ1n) is 4.11. The van der Waals surface area contributed by atoms with Gasteiger partial charge in [-0.3, -0.25) is 0 Å². The van der Waals surface area contributed by atoms with Crippen molar-refractivity contribution in [1.29, 1.82) is 0 Å². The monoisotopic (exact) mass is 150 g/mol. The molecule has 0 amide bonds. The Bertz CT molecular complexity index is 167. The lowest BCUT2D eigenvalue weighted by atomic mass is 9.93. The van der Waals surface area contributed by atoms with Crippen molar-refractivity contribution in [3.05, 3.63) is 24.3 Å². The highest BCUT2D eigenvalue weighted by Gasteiger charge is 2.07. The van der Waals surface area contributed by atoms with Gasteiger partial charge in [-0.05, 0) is 18.8 Å². The van der Waals surface area contributed by atoms with Crippen LogP contribution >= 0.6 is 0 Å². The minimum atomic E-state index is 0.187. The van der Waals surface area contributed by atoms with Crippen LogP contribution in [0.15, 0.2) is 24.3 Å². The third kappa shape index (κ3) is 2.71. The molecular weight excluding hydrogens is 136 g/mol. The van der Waals surface area contributed by atoms with Crippen LogP contribution in [0.1, 0.15) is 19.8 Å². The van der Waals surface area contributed by atoms with Crippen molar-refractivity contribution in [3.63, 3.8) is 0 Å². The molecule has 0 saturated carbocycles. The summed E-state index contributed by atoms with van der Waals surface area (Å²) in [4.78, 5) is 10.3. The van der Waals surface area contributed by atoms with Gasteiger partial charge in [0.2, 0.25) is 0 Å². The molecule has 0 aromatic carbocycles. The lowest BCUT2D eigenvalue weighted by Gasteiger charge is -2.11. The van der Waals surface area contributed by atoms with E-state index in [0.717, 1.165) is 19.1 Å². The molecule has 1 heteroatoms. The topological polar surface area (TPSA) is 17.1 Å². The smallest absolute Gasteiger partial charge is 0.122 e. The molecule has 0 radical (unpaired) electrons. The standard InChI is InChI=1S/C10H14O/c1-9(8-11)7-10-5-3-2-4-6-10/h3-6,8-10H,2,7H2,1H3/t9-/m0/s1. The minimum Gasteiger partial charge on any atom is -0.303 e.